The lowest BCUT2D eigenvalue weighted by Gasteiger charge is -2.32. The summed E-state index contributed by atoms with van der Waals surface area (Å²) in [4.78, 5) is 7.27. The summed E-state index contributed by atoms with van der Waals surface area (Å²) in [5.74, 6) is 1.81. The highest BCUT2D eigenvalue weighted by atomic mass is 127. The molecule has 0 saturated carbocycles. The molecule has 0 bridgehead atoms. The topological polar surface area (TPSA) is 58.1 Å². The second kappa shape index (κ2) is 15.7. The second-order valence-electron chi connectivity index (χ2n) is 7.28. The molecule has 0 amide bonds. The van der Waals surface area contributed by atoms with Gasteiger partial charge in [0.25, 0.3) is 0 Å². The summed E-state index contributed by atoms with van der Waals surface area (Å²) in [5, 5.41) is 6.97. The highest BCUT2D eigenvalue weighted by molar-refractivity contribution is 14.0. The van der Waals surface area contributed by atoms with Gasteiger partial charge in [0.1, 0.15) is 5.75 Å². The predicted molar refractivity (Wildman–Crippen MR) is 132 cm³/mol. The number of ether oxygens (including phenoxy) is 2. The van der Waals surface area contributed by atoms with Crippen LogP contribution in [0.4, 0.5) is 0 Å². The number of rotatable bonds is 11. The number of guanidine groups is 1. The molecular weight excluding hydrogens is 479 g/mol. The lowest BCUT2D eigenvalue weighted by molar-refractivity contribution is 0.120. The van der Waals surface area contributed by atoms with Gasteiger partial charge in [0.05, 0.1) is 13.7 Å². The largest absolute Gasteiger partial charge is 0.497 e. The highest BCUT2D eigenvalue weighted by Gasteiger charge is 2.19. The van der Waals surface area contributed by atoms with Gasteiger partial charge < -0.3 is 25.0 Å². The minimum atomic E-state index is 0. The number of methoxy groups -OCH3 is 1. The van der Waals surface area contributed by atoms with Crippen LogP contribution in [0.15, 0.2) is 29.3 Å². The van der Waals surface area contributed by atoms with E-state index < -0.39 is 0 Å². The lowest BCUT2D eigenvalue weighted by atomic mass is 10.1. The number of benzene rings is 1. The van der Waals surface area contributed by atoms with Gasteiger partial charge in [-0.3, -0.25) is 4.99 Å². The molecule has 1 saturated heterocycles. The minimum absolute atomic E-state index is 0. The molecule has 2 rings (SSSR count). The normalized spacial score (nSPS) is 15.6. The molecule has 0 spiro atoms. The fourth-order valence-electron chi connectivity index (χ4n) is 3.40. The molecule has 1 aliphatic rings. The monoisotopic (exact) mass is 518 g/mol. The zero-order valence-electron chi connectivity index (χ0n) is 18.3. The van der Waals surface area contributed by atoms with E-state index in [1.807, 2.05) is 24.3 Å². The molecule has 0 aliphatic carbocycles. The van der Waals surface area contributed by atoms with Crippen LogP contribution in [0.25, 0.3) is 0 Å². The van der Waals surface area contributed by atoms with Crippen LogP contribution >= 0.6 is 24.0 Å². The van der Waals surface area contributed by atoms with Crippen molar-refractivity contribution in [2.24, 2.45) is 4.99 Å². The zero-order valence-corrected chi connectivity index (χ0v) is 20.6. The van der Waals surface area contributed by atoms with Crippen LogP contribution in [0.5, 0.6) is 5.75 Å². The molecule has 1 heterocycles. The maximum Gasteiger partial charge on any atom is 0.191 e. The van der Waals surface area contributed by atoms with Gasteiger partial charge in [-0.1, -0.05) is 19.1 Å². The molecular formula is C22H39IN4O2. The van der Waals surface area contributed by atoms with Crippen molar-refractivity contribution in [1.29, 1.82) is 0 Å². The summed E-state index contributed by atoms with van der Waals surface area (Å²) in [6.45, 7) is 10.9. The lowest BCUT2D eigenvalue weighted by Crippen LogP contribution is -2.48. The van der Waals surface area contributed by atoms with Crippen molar-refractivity contribution in [1.82, 2.24) is 15.5 Å². The number of piperidine rings is 1. The number of halogens is 1. The van der Waals surface area contributed by atoms with Crippen LogP contribution in [0.1, 0.15) is 45.1 Å². The number of likely N-dealkylation sites (tertiary alicyclic amines) is 1. The fourth-order valence-corrected chi connectivity index (χ4v) is 3.40. The Balaban J connectivity index is 0.00000420. The highest BCUT2D eigenvalue weighted by Crippen LogP contribution is 2.12. The van der Waals surface area contributed by atoms with Gasteiger partial charge in [-0.2, -0.15) is 0 Å². The Hall–Kier alpha value is -1.06. The summed E-state index contributed by atoms with van der Waals surface area (Å²) in [5.41, 5.74) is 1.16. The maximum atomic E-state index is 5.76. The van der Waals surface area contributed by atoms with Gasteiger partial charge in [-0.25, -0.2) is 0 Å². The van der Waals surface area contributed by atoms with E-state index in [-0.39, 0.29) is 24.0 Å². The molecule has 0 radical (unpaired) electrons. The van der Waals surface area contributed by atoms with Crippen LogP contribution < -0.4 is 15.4 Å². The average molecular weight is 518 g/mol. The van der Waals surface area contributed by atoms with Gasteiger partial charge in [0.2, 0.25) is 0 Å². The van der Waals surface area contributed by atoms with Crippen molar-refractivity contribution in [2.75, 3.05) is 46.4 Å². The minimum Gasteiger partial charge on any atom is -0.497 e. The van der Waals surface area contributed by atoms with Crippen molar-refractivity contribution in [2.45, 2.75) is 52.2 Å². The van der Waals surface area contributed by atoms with Gasteiger partial charge >= 0.3 is 0 Å². The average Bonchev–Trinajstić information content (AvgIpc) is 2.72. The predicted octanol–water partition coefficient (Wildman–Crippen LogP) is 3.65. The van der Waals surface area contributed by atoms with Crippen molar-refractivity contribution >= 4 is 29.9 Å². The van der Waals surface area contributed by atoms with E-state index >= 15 is 0 Å². The van der Waals surface area contributed by atoms with Crippen LogP contribution in [0.3, 0.4) is 0 Å². The van der Waals surface area contributed by atoms with E-state index in [4.69, 9.17) is 14.5 Å². The first-order valence-electron chi connectivity index (χ1n) is 10.7. The Morgan fingerprint density at radius 3 is 2.52 bits per heavy atom. The van der Waals surface area contributed by atoms with Crippen LogP contribution in [0, 0.1) is 0 Å². The van der Waals surface area contributed by atoms with Crippen LogP contribution in [0.2, 0.25) is 0 Å². The first-order valence-corrected chi connectivity index (χ1v) is 10.7. The summed E-state index contributed by atoms with van der Waals surface area (Å²) in [7, 11) is 1.68. The molecule has 0 aromatic heterocycles. The first kappa shape index (κ1) is 26.0. The van der Waals surface area contributed by atoms with Crippen LogP contribution in [-0.4, -0.2) is 63.3 Å². The van der Waals surface area contributed by atoms with E-state index in [0.717, 1.165) is 36.8 Å². The van der Waals surface area contributed by atoms with Crippen molar-refractivity contribution in [3.05, 3.63) is 29.8 Å². The summed E-state index contributed by atoms with van der Waals surface area (Å²) in [6.07, 6.45) is 4.54. The Morgan fingerprint density at radius 2 is 1.90 bits per heavy atom. The van der Waals surface area contributed by atoms with Gasteiger partial charge in [0.15, 0.2) is 5.96 Å². The fraction of sp³-hybridized carbons (Fsp3) is 0.682. The molecule has 6 nitrogen and oxygen atoms in total. The summed E-state index contributed by atoms with van der Waals surface area (Å²) < 4.78 is 10.9. The third-order valence-electron chi connectivity index (χ3n) is 4.96. The summed E-state index contributed by atoms with van der Waals surface area (Å²) in [6, 6.07) is 8.53. The number of nitrogens with one attached hydrogen (secondary N) is 2. The maximum absolute atomic E-state index is 5.76. The quantitative estimate of drug-likeness (QED) is 0.203. The van der Waals surface area contributed by atoms with E-state index in [2.05, 4.69) is 29.4 Å². The molecule has 1 aromatic carbocycles. The molecule has 1 aromatic rings. The number of nitrogens with zero attached hydrogens (tertiary/aromatic N) is 2. The number of hydrogen-bond donors (Lipinski definition) is 2. The summed E-state index contributed by atoms with van der Waals surface area (Å²) >= 11 is 0. The molecule has 1 aliphatic heterocycles. The van der Waals surface area contributed by atoms with Crippen molar-refractivity contribution < 1.29 is 9.47 Å². The van der Waals surface area contributed by atoms with Crippen LogP contribution in [-0.2, 0) is 11.3 Å². The molecule has 1 fully saturated rings. The Bertz CT molecular complexity index is 560. The Morgan fingerprint density at radius 1 is 1.17 bits per heavy atom. The number of hydrogen-bond acceptors (Lipinski definition) is 4. The molecule has 0 unspecified atom stereocenters. The van der Waals surface area contributed by atoms with Gasteiger partial charge in [-0.05, 0) is 56.8 Å². The molecule has 2 N–H and O–H groups in total. The first-order chi connectivity index (χ1) is 13.7. The molecule has 166 valence electrons. The third kappa shape index (κ3) is 10.5. The molecule has 29 heavy (non-hydrogen) atoms. The smallest absolute Gasteiger partial charge is 0.191 e. The van der Waals surface area contributed by atoms with E-state index in [1.165, 1.54) is 38.9 Å². The van der Waals surface area contributed by atoms with E-state index in [0.29, 0.717) is 19.3 Å². The second-order valence-corrected chi connectivity index (χ2v) is 7.28. The van der Waals surface area contributed by atoms with Gasteiger partial charge in [-0.15, -0.1) is 24.0 Å². The van der Waals surface area contributed by atoms with Gasteiger partial charge in [0, 0.05) is 38.8 Å². The Labute approximate surface area is 193 Å². The molecule has 7 heteroatoms. The van der Waals surface area contributed by atoms with E-state index in [9.17, 15) is 0 Å². The SMILES string of the molecule is CCCN1CCC(NC(=NCCCOCc2ccc(OC)cc2)NCC)CC1.I. The standard InChI is InChI=1S/C22H38N4O2.HI/c1-4-14-26-15-11-20(12-16-26)25-22(23-5-2)24-13-6-17-28-18-19-7-9-21(27-3)10-8-19;/h7-10,20H,4-6,11-18H2,1-3H3,(H2,23,24,25);1H. The van der Waals surface area contributed by atoms with Crippen molar-refractivity contribution in [3.8, 4) is 5.75 Å². The van der Waals surface area contributed by atoms with Crippen molar-refractivity contribution in [3.63, 3.8) is 0 Å². The third-order valence-corrected chi connectivity index (χ3v) is 4.96. The Kier molecular flexibility index (Phi) is 14.1. The number of aliphatic imine (C=N–C) groups is 1. The molecule has 0 atom stereocenters. The van der Waals surface area contributed by atoms with E-state index in [1.54, 1.807) is 7.11 Å². The zero-order chi connectivity index (χ0) is 20.0.